The molecule has 2 aromatic rings. The Morgan fingerprint density at radius 1 is 1.10 bits per heavy atom. The molecule has 0 radical (unpaired) electrons. The summed E-state index contributed by atoms with van der Waals surface area (Å²) in [6, 6.07) is 12.7. The number of amides is 1. The van der Waals surface area contributed by atoms with Crippen LogP contribution in [0, 0.1) is 0 Å². The molecule has 5 heteroatoms. The number of benzene rings is 2. The fourth-order valence-electron chi connectivity index (χ4n) is 1.80. The van der Waals surface area contributed by atoms with Crippen molar-refractivity contribution < 1.29 is 4.79 Å². The quantitative estimate of drug-likeness (QED) is 0.719. The van der Waals surface area contributed by atoms with Crippen molar-refractivity contribution in [2.75, 3.05) is 5.32 Å². The van der Waals surface area contributed by atoms with Crippen molar-refractivity contribution in [3.63, 3.8) is 0 Å². The van der Waals surface area contributed by atoms with Gasteiger partial charge in [0.1, 0.15) is 0 Å². The molecule has 0 saturated carbocycles. The lowest BCUT2D eigenvalue weighted by Crippen LogP contribution is -2.13. The van der Waals surface area contributed by atoms with Gasteiger partial charge in [-0.3, -0.25) is 4.79 Å². The molecule has 0 aliphatic rings. The molecule has 1 N–H and O–H groups in total. The van der Waals surface area contributed by atoms with Crippen LogP contribution in [0.25, 0.3) is 0 Å². The largest absolute Gasteiger partial charge is 0.321 e. The van der Waals surface area contributed by atoms with E-state index in [0.717, 1.165) is 4.90 Å². The van der Waals surface area contributed by atoms with E-state index in [2.05, 4.69) is 19.2 Å². The van der Waals surface area contributed by atoms with Gasteiger partial charge in [-0.15, -0.1) is 11.8 Å². The lowest BCUT2D eigenvalue weighted by Gasteiger charge is -2.12. The van der Waals surface area contributed by atoms with Crippen molar-refractivity contribution in [3.8, 4) is 0 Å². The third-order valence-electron chi connectivity index (χ3n) is 2.69. The second-order valence-corrected chi connectivity index (χ2v) is 7.12. The van der Waals surface area contributed by atoms with Crippen LogP contribution in [-0.2, 0) is 0 Å². The van der Waals surface area contributed by atoms with Crippen molar-refractivity contribution in [1.82, 2.24) is 0 Å². The van der Waals surface area contributed by atoms with Gasteiger partial charge in [0.2, 0.25) is 0 Å². The van der Waals surface area contributed by atoms with E-state index >= 15 is 0 Å². The van der Waals surface area contributed by atoms with E-state index in [1.165, 1.54) is 0 Å². The molecule has 1 amide bonds. The highest BCUT2D eigenvalue weighted by Crippen LogP contribution is 2.31. The minimum absolute atomic E-state index is 0.192. The first-order valence-corrected chi connectivity index (χ1v) is 8.13. The van der Waals surface area contributed by atoms with Crippen LogP contribution in [0.4, 0.5) is 5.69 Å². The van der Waals surface area contributed by atoms with E-state index in [0.29, 0.717) is 26.5 Å². The molecule has 0 atom stereocenters. The van der Waals surface area contributed by atoms with Gasteiger partial charge < -0.3 is 5.32 Å². The Balaban J connectivity index is 2.27. The van der Waals surface area contributed by atoms with Gasteiger partial charge in [0, 0.05) is 10.1 Å². The van der Waals surface area contributed by atoms with Crippen LogP contribution < -0.4 is 5.32 Å². The second-order valence-electron chi connectivity index (χ2n) is 4.72. The number of carbonyl (C=O) groups excluding carboxylic acids is 1. The van der Waals surface area contributed by atoms with Gasteiger partial charge in [-0.05, 0) is 24.3 Å². The first-order valence-electron chi connectivity index (χ1n) is 6.50. The van der Waals surface area contributed by atoms with Crippen LogP contribution >= 0.6 is 35.0 Å². The zero-order valence-electron chi connectivity index (χ0n) is 11.7. The maximum atomic E-state index is 12.5. The van der Waals surface area contributed by atoms with Gasteiger partial charge in [-0.25, -0.2) is 0 Å². The Morgan fingerprint density at radius 3 is 2.52 bits per heavy atom. The summed E-state index contributed by atoms with van der Waals surface area (Å²) in [7, 11) is 0. The first kappa shape index (κ1) is 16.2. The molecule has 0 fully saturated rings. The number of thioether (sulfide) groups is 1. The Bertz CT molecular complexity index is 658. The Hall–Kier alpha value is -1.16. The summed E-state index contributed by atoms with van der Waals surface area (Å²) in [6.07, 6.45) is 0. The fraction of sp³-hybridized carbons (Fsp3) is 0.188. The van der Waals surface area contributed by atoms with Crippen molar-refractivity contribution in [2.45, 2.75) is 24.0 Å². The minimum Gasteiger partial charge on any atom is -0.321 e. The van der Waals surface area contributed by atoms with Gasteiger partial charge in [0.25, 0.3) is 5.91 Å². The van der Waals surface area contributed by atoms with Gasteiger partial charge >= 0.3 is 0 Å². The summed E-state index contributed by atoms with van der Waals surface area (Å²) < 4.78 is 0. The standard InChI is InChI=1S/C16H15Cl2NOS/c1-10(2)21-14-9-4-3-6-11(14)16(20)19-13-8-5-7-12(17)15(13)18/h3-10H,1-2H3,(H,19,20). The van der Waals surface area contributed by atoms with E-state index in [1.54, 1.807) is 36.0 Å². The van der Waals surface area contributed by atoms with Crippen molar-refractivity contribution in [1.29, 1.82) is 0 Å². The van der Waals surface area contributed by atoms with Crippen LogP contribution in [0.5, 0.6) is 0 Å². The summed E-state index contributed by atoms with van der Waals surface area (Å²) in [5.41, 5.74) is 1.14. The summed E-state index contributed by atoms with van der Waals surface area (Å²) in [5, 5.41) is 3.97. The smallest absolute Gasteiger partial charge is 0.256 e. The maximum Gasteiger partial charge on any atom is 0.256 e. The second kappa shape index (κ2) is 7.21. The Labute approximate surface area is 138 Å². The monoisotopic (exact) mass is 339 g/mol. The van der Waals surface area contributed by atoms with Crippen molar-refractivity contribution in [3.05, 3.63) is 58.1 Å². The molecular formula is C16H15Cl2NOS. The fourth-order valence-corrected chi connectivity index (χ4v) is 3.10. The summed E-state index contributed by atoms with van der Waals surface area (Å²) in [6.45, 7) is 4.18. The lowest BCUT2D eigenvalue weighted by molar-refractivity contribution is 0.102. The lowest BCUT2D eigenvalue weighted by atomic mass is 10.2. The van der Waals surface area contributed by atoms with Gasteiger partial charge in [0.05, 0.1) is 21.3 Å². The molecule has 2 aromatic carbocycles. The predicted molar refractivity (Wildman–Crippen MR) is 91.9 cm³/mol. The summed E-state index contributed by atoms with van der Waals surface area (Å²) in [5.74, 6) is -0.192. The Morgan fingerprint density at radius 2 is 1.81 bits per heavy atom. The first-order chi connectivity index (χ1) is 9.99. The molecule has 0 bridgehead atoms. The van der Waals surface area contributed by atoms with Gasteiger partial charge in [-0.2, -0.15) is 0 Å². The number of anilines is 1. The molecule has 21 heavy (non-hydrogen) atoms. The minimum atomic E-state index is -0.192. The molecule has 2 rings (SSSR count). The topological polar surface area (TPSA) is 29.1 Å². The van der Waals surface area contributed by atoms with E-state index in [1.807, 2.05) is 18.2 Å². The molecule has 0 spiro atoms. The Kier molecular flexibility index (Phi) is 5.57. The molecule has 0 heterocycles. The average Bonchev–Trinajstić information content (AvgIpc) is 2.44. The van der Waals surface area contributed by atoms with Crippen molar-refractivity contribution in [2.24, 2.45) is 0 Å². The number of rotatable bonds is 4. The number of hydrogen-bond acceptors (Lipinski definition) is 2. The van der Waals surface area contributed by atoms with Crippen LogP contribution in [0.1, 0.15) is 24.2 Å². The SMILES string of the molecule is CC(C)Sc1ccccc1C(=O)Nc1cccc(Cl)c1Cl. The van der Waals surface area contributed by atoms with Crippen LogP contribution in [-0.4, -0.2) is 11.2 Å². The highest BCUT2D eigenvalue weighted by Gasteiger charge is 2.14. The normalized spacial score (nSPS) is 10.7. The number of nitrogens with one attached hydrogen (secondary N) is 1. The molecule has 0 aliphatic heterocycles. The molecular weight excluding hydrogens is 325 g/mol. The molecule has 0 unspecified atom stereocenters. The number of hydrogen-bond donors (Lipinski definition) is 1. The third-order valence-corrected chi connectivity index (χ3v) is 4.59. The van der Waals surface area contributed by atoms with E-state index < -0.39 is 0 Å². The molecule has 110 valence electrons. The molecule has 0 aromatic heterocycles. The summed E-state index contributed by atoms with van der Waals surface area (Å²) in [4.78, 5) is 13.4. The van der Waals surface area contributed by atoms with E-state index in [-0.39, 0.29) is 5.91 Å². The van der Waals surface area contributed by atoms with E-state index in [4.69, 9.17) is 23.2 Å². The number of carbonyl (C=O) groups is 1. The summed E-state index contributed by atoms with van der Waals surface area (Å²) >= 11 is 13.7. The maximum absolute atomic E-state index is 12.5. The van der Waals surface area contributed by atoms with Crippen LogP contribution in [0.15, 0.2) is 47.4 Å². The number of halogens is 2. The average molecular weight is 340 g/mol. The molecule has 2 nitrogen and oxygen atoms in total. The van der Waals surface area contributed by atoms with Gasteiger partial charge in [0.15, 0.2) is 0 Å². The van der Waals surface area contributed by atoms with Crippen LogP contribution in [0.3, 0.4) is 0 Å². The van der Waals surface area contributed by atoms with E-state index in [9.17, 15) is 4.79 Å². The van der Waals surface area contributed by atoms with Crippen molar-refractivity contribution >= 4 is 46.6 Å². The predicted octanol–water partition coefficient (Wildman–Crippen LogP) is 5.75. The van der Waals surface area contributed by atoms with Gasteiger partial charge in [-0.1, -0.05) is 55.2 Å². The highest BCUT2D eigenvalue weighted by molar-refractivity contribution is 8.00. The molecule has 0 saturated heterocycles. The third kappa shape index (κ3) is 4.16. The van der Waals surface area contributed by atoms with Crippen LogP contribution in [0.2, 0.25) is 10.0 Å². The zero-order chi connectivity index (χ0) is 15.4. The zero-order valence-corrected chi connectivity index (χ0v) is 14.0. The highest BCUT2D eigenvalue weighted by atomic mass is 35.5. The molecule has 0 aliphatic carbocycles.